The number of hydrogen-bond donors (Lipinski definition) is 1. The first kappa shape index (κ1) is 23.5. The molecule has 30 heavy (non-hydrogen) atoms. The number of benzene rings is 1. The van der Waals surface area contributed by atoms with E-state index in [1.807, 2.05) is 4.90 Å². The molecule has 1 aromatic carbocycles. The molecule has 0 unspecified atom stereocenters. The van der Waals surface area contributed by atoms with Gasteiger partial charge in [0.15, 0.2) is 0 Å². The van der Waals surface area contributed by atoms with Gasteiger partial charge in [0.05, 0.1) is 21.3 Å². The summed E-state index contributed by atoms with van der Waals surface area (Å²) in [6.45, 7) is 5.41. The average molecular weight is 466 g/mol. The van der Waals surface area contributed by atoms with Crippen molar-refractivity contribution in [1.29, 1.82) is 0 Å². The number of anilines is 1. The highest BCUT2D eigenvalue weighted by molar-refractivity contribution is 6.36. The molecule has 1 N–H and O–H groups in total. The van der Waals surface area contributed by atoms with Gasteiger partial charge in [0, 0.05) is 39.1 Å². The van der Waals surface area contributed by atoms with Crippen molar-refractivity contribution in [2.75, 3.05) is 37.6 Å². The molecule has 1 amide bonds. The fourth-order valence-electron chi connectivity index (χ4n) is 4.46. The summed E-state index contributed by atoms with van der Waals surface area (Å²) in [7, 11) is 0. The smallest absolute Gasteiger partial charge is 0.368 e. The van der Waals surface area contributed by atoms with E-state index in [0.29, 0.717) is 30.7 Å². The normalized spacial score (nSPS) is 23.5. The minimum absolute atomic E-state index is 0.0412. The van der Waals surface area contributed by atoms with Crippen LogP contribution >= 0.6 is 23.2 Å². The number of rotatable bonds is 5. The summed E-state index contributed by atoms with van der Waals surface area (Å²) >= 11 is 11.9. The van der Waals surface area contributed by atoms with Gasteiger partial charge in [0.1, 0.15) is 0 Å². The highest BCUT2D eigenvalue weighted by Gasteiger charge is 2.35. The van der Waals surface area contributed by atoms with Crippen LogP contribution in [0.2, 0.25) is 10.0 Å². The van der Waals surface area contributed by atoms with E-state index >= 15 is 0 Å². The number of carbonyl (C=O) groups is 1. The van der Waals surface area contributed by atoms with Crippen molar-refractivity contribution in [3.05, 3.63) is 27.7 Å². The topological polar surface area (TPSA) is 35.6 Å². The van der Waals surface area contributed by atoms with Gasteiger partial charge in [-0.15, -0.1) is 0 Å². The molecule has 2 aliphatic rings. The lowest BCUT2D eigenvalue weighted by Crippen LogP contribution is -2.47. The molecule has 1 aromatic rings. The number of carbonyl (C=O) groups excluding carboxylic acids is 1. The molecule has 1 aliphatic heterocycles. The quantitative estimate of drug-likeness (QED) is 0.647. The molecule has 0 atom stereocenters. The van der Waals surface area contributed by atoms with Gasteiger partial charge in [-0.25, -0.2) is 0 Å². The lowest BCUT2D eigenvalue weighted by Gasteiger charge is -2.38. The van der Waals surface area contributed by atoms with Gasteiger partial charge in [0.2, 0.25) is 5.91 Å². The molecule has 168 valence electrons. The Morgan fingerprint density at radius 3 is 2.27 bits per heavy atom. The van der Waals surface area contributed by atoms with E-state index in [-0.39, 0.29) is 16.0 Å². The number of halogens is 5. The summed E-state index contributed by atoms with van der Waals surface area (Å²) in [6.07, 6.45) is 0.949. The van der Waals surface area contributed by atoms with Crippen LogP contribution in [-0.4, -0.2) is 49.6 Å². The first-order valence-electron chi connectivity index (χ1n) is 10.4. The van der Waals surface area contributed by atoms with Gasteiger partial charge in [-0.3, -0.25) is 9.69 Å². The molecule has 1 aliphatic carbocycles. The summed E-state index contributed by atoms with van der Waals surface area (Å²) < 4.78 is 39.5. The SMILES string of the molecule is CC(=O)NC1CCC(CCN2CCN(c3cc(C(F)(F)F)c(Cl)cc3Cl)CC2)CC1. The summed E-state index contributed by atoms with van der Waals surface area (Å²) in [5.74, 6) is 0.715. The second-order valence-corrected chi connectivity index (χ2v) is 9.13. The van der Waals surface area contributed by atoms with Crippen LogP contribution in [0.25, 0.3) is 0 Å². The molecular formula is C21H28Cl2F3N3O. The summed E-state index contributed by atoms with van der Waals surface area (Å²) in [4.78, 5) is 15.4. The molecule has 1 heterocycles. The van der Waals surface area contributed by atoms with Gasteiger partial charge >= 0.3 is 6.18 Å². The molecule has 0 spiro atoms. The highest BCUT2D eigenvalue weighted by atomic mass is 35.5. The fraction of sp³-hybridized carbons (Fsp3) is 0.667. The van der Waals surface area contributed by atoms with Gasteiger partial charge < -0.3 is 10.2 Å². The van der Waals surface area contributed by atoms with Gasteiger partial charge in [-0.1, -0.05) is 23.2 Å². The number of piperazine rings is 1. The largest absolute Gasteiger partial charge is 0.417 e. The van der Waals surface area contributed by atoms with Crippen LogP contribution in [0.3, 0.4) is 0 Å². The van der Waals surface area contributed by atoms with E-state index in [1.165, 1.54) is 6.07 Å². The van der Waals surface area contributed by atoms with Crippen LogP contribution in [0.5, 0.6) is 0 Å². The lowest BCUT2D eigenvalue weighted by molar-refractivity contribution is -0.137. The van der Waals surface area contributed by atoms with E-state index in [0.717, 1.165) is 57.8 Å². The van der Waals surface area contributed by atoms with E-state index in [2.05, 4.69) is 10.2 Å². The van der Waals surface area contributed by atoms with Crippen molar-refractivity contribution in [2.24, 2.45) is 5.92 Å². The number of amides is 1. The first-order valence-corrected chi connectivity index (χ1v) is 11.2. The van der Waals surface area contributed by atoms with E-state index in [4.69, 9.17) is 23.2 Å². The number of hydrogen-bond acceptors (Lipinski definition) is 3. The molecule has 3 rings (SSSR count). The van der Waals surface area contributed by atoms with E-state index in [9.17, 15) is 18.0 Å². The van der Waals surface area contributed by atoms with Crippen molar-refractivity contribution in [1.82, 2.24) is 10.2 Å². The Balaban J connectivity index is 1.47. The molecule has 2 fully saturated rings. The Bertz CT molecular complexity index is 744. The predicted molar refractivity (Wildman–Crippen MR) is 114 cm³/mol. The average Bonchev–Trinajstić information content (AvgIpc) is 2.67. The minimum atomic E-state index is -4.50. The van der Waals surface area contributed by atoms with Crippen LogP contribution < -0.4 is 10.2 Å². The minimum Gasteiger partial charge on any atom is -0.368 e. The van der Waals surface area contributed by atoms with Crippen LogP contribution in [0, 0.1) is 5.92 Å². The molecule has 0 radical (unpaired) electrons. The van der Waals surface area contributed by atoms with Crippen molar-refractivity contribution in [3.8, 4) is 0 Å². The van der Waals surface area contributed by atoms with E-state index < -0.39 is 11.7 Å². The molecule has 9 heteroatoms. The summed E-state index contributed by atoms with van der Waals surface area (Å²) in [5.41, 5.74) is -0.454. The van der Waals surface area contributed by atoms with Crippen LogP contribution in [0.1, 0.15) is 44.6 Å². The van der Waals surface area contributed by atoms with Gasteiger partial charge in [0.25, 0.3) is 0 Å². The maximum absolute atomic E-state index is 13.2. The third kappa shape index (κ3) is 6.17. The maximum Gasteiger partial charge on any atom is 0.417 e. The zero-order chi connectivity index (χ0) is 21.9. The summed E-state index contributed by atoms with van der Waals surface area (Å²) in [6, 6.07) is 2.56. The Morgan fingerprint density at radius 2 is 1.70 bits per heavy atom. The monoisotopic (exact) mass is 465 g/mol. The number of nitrogens with one attached hydrogen (secondary N) is 1. The molecule has 0 aromatic heterocycles. The summed E-state index contributed by atoms with van der Waals surface area (Å²) in [5, 5.41) is 2.88. The second-order valence-electron chi connectivity index (χ2n) is 8.32. The second kappa shape index (κ2) is 9.96. The standard InChI is InChI=1S/C21H28Cl2F3N3O/c1-14(30)27-16-4-2-15(3-5-16)6-7-28-8-10-29(11-9-28)20-12-17(21(24,25)26)18(22)13-19(20)23/h12-13,15-16H,2-11H2,1H3,(H,27,30). The zero-order valence-corrected chi connectivity index (χ0v) is 18.6. The van der Waals surface area contributed by atoms with Crippen molar-refractivity contribution in [3.63, 3.8) is 0 Å². The number of alkyl halides is 3. The van der Waals surface area contributed by atoms with Gasteiger partial charge in [-0.05, 0) is 56.7 Å². The first-order chi connectivity index (χ1) is 14.1. The van der Waals surface area contributed by atoms with Crippen LogP contribution in [0.15, 0.2) is 12.1 Å². The molecule has 4 nitrogen and oxygen atoms in total. The molecule has 0 bridgehead atoms. The van der Waals surface area contributed by atoms with Crippen molar-refractivity contribution >= 4 is 34.8 Å². The Hall–Kier alpha value is -1.18. The third-order valence-corrected chi connectivity index (χ3v) is 6.78. The number of nitrogens with zero attached hydrogens (tertiary/aromatic N) is 2. The lowest BCUT2D eigenvalue weighted by atomic mass is 9.84. The van der Waals surface area contributed by atoms with E-state index in [1.54, 1.807) is 6.92 Å². The molecular weight excluding hydrogens is 438 g/mol. The Morgan fingerprint density at radius 1 is 1.07 bits per heavy atom. The predicted octanol–water partition coefficient (Wildman–Crippen LogP) is 5.22. The van der Waals surface area contributed by atoms with Crippen LogP contribution in [0.4, 0.5) is 18.9 Å². The fourth-order valence-corrected chi connectivity index (χ4v) is 5.07. The van der Waals surface area contributed by atoms with Crippen molar-refractivity contribution in [2.45, 2.75) is 51.2 Å². The zero-order valence-electron chi connectivity index (χ0n) is 17.1. The van der Waals surface area contributed by atoms with Gasteiger partial charge in [-0.2, -0.15) is 13.2 Å². The third-order valence-electron chi connectivity index (χ3n) is 6.16. The molecule has 1 saturated heterocycles. The molecule has 1 saturated carbocycles. The van der Waals surface area contributed by atoms with Crippen molar-refractivity contribution < 1.29 is 18.0 Å². The Kier molecular flexibility index (Phi) is 7.80. The highest BCUT2D eigenvalue weighted by Crippen LogP contribution is 2.40. The Labute approximate surface area is 185 Å². The van der Waals surface area contributed by atoms with Crippen LogP contribution in [-0.2, 0) is 11.0 Å². The maximum atomic E-state index is 13.2.